The van der Waals surface area contributed by atoms with E-state index < -0.39 is 36.1 Å². The van der Waals surface area contributed by atoms with Crippen molar-refractivity contribution in [3.63, 3.8) is 0 Å². The van der Waals surface area contributed by atoms with Crippen LogP contribution in [0, 0.1) is 0 Å². The molecule has 0 fully saturated rings. The Balaban J connectivity index is 0.000000245. The van der Waals surface area contributed by atoms with Gasteiger partial charge in [0.1, 0.15) is 11.5 Å². The van der Waals surface area contributed by atoms with Gasteiger partial charge in [-0.05, 0) is 37.1 Å². The summed E-state index contributed by atoms with van der Waals surface area (Å²) in [6.07, 6.45) is 1.21. The second-order valence-corrected chi connectivity index (χ2v) is 23.5. The monoisotopic (exact) mass is 1040 g/mol. The predicted molar refractivity (Wildman–Crippen MR) is 270 cm³/mol. The van der Waals surface area contributed by atoms with Crippen molar-refractivity contribution >= 4 is 77.6 Å². The van der Waals surface area contributed by atoms with Gasteiger partial charge >= 0.3 is 94.3 Å². The molecule has 0 radical (unpaired) electrons. The van der Waals surface area contributed by atoms with Gasteiger partial charge in [0.25, 0.3) is 0 Å². The van der Waals surface area contributed by atoms with Crippen molar-refractivity contribution < 1.29 is 49.9 Å². The third-order valence-corrected chi connectivity index (χ3v) is 15.8. The molecular weight excluding hydrogens is 995 g/mol. The molecule has 0 spiro atoms. The van der Waals surface area contributed by atoms with Crippen LogP contribution < -0.4 is 46.3 Å². The number of nitrogens with two attached hydrogens (primary N) is 1. The number of fused-ring (bicyclic) bond motifs is 2. The van der Waals surface area contributed by atoms with Crippen molar-refractivity contribution in [2.45, 2.75) is 19.3 Å². The molecule has 8 aromatic rings. The number of benzene rings is 8. The Bertz CT molecular complexity index is 2790. The summed E-state index contributed by atoms with van der Waals surface area (Å²) in [6.45, 7) is 4.70. The van der Waals surface area contributed by atoms with Gasteiger partial charge in [0.05, 0.1) is 20.2 Å². The molecule has 0 unspecified atom stereocenters. The fraction of sp³-hybridized carbons (Fsp3) is 0.0943. The van der Waals surface area contributed by atoms with E-state index >= 15 is 0 Å². The predicted octanol–water partition coefficient (Wildman–Crippen LogP) is 8.07. The van der Waals surface area contributed by atoms with E-state index in [2.05, 4.69) is 197 Å². The molecule has 9 rings (SSSR count). The molecule has 13 heteroatoms. The van der Waals surface area contributed by atoms with E-state index in [0.29, 0.717) is 12.5 Å². The average molecular weight is 1040 g/mol. The van der Waals surface area contributed by atoms with Crippen LogP contribution in [0.1, 0.15) is 25.0 Å². The zero-order chi connectivity index (χ0) is 47.5. The number of ether oxygens (including phenoxy) is 1. The first kappa shape index (κ1) is 50.1. The van der Waals surface area contributed by atoms with Gasteiger partial charge in [-0.2, -0.15) is 0 Å². The SMILES string of the molecule is CC1(C)c2cccc(P(c3ccccc3)c3ccccc3)c2Oc2c(P(c3ccccc3)c3ccccc3)cccc21.CS(=O)(=O)[O-].CS(=O)(=O)[O-].Nc1ccccc1-c1cccc[c]1[Pd+2]. The summed E-state index contributed by atoms with van der Waals surface area (Å²) in [7, 11) is -9.48. The zero-order valence-electron chi connectivity index (χ0n) is 36.6. The summed E-state index contributed by atoms with van der Waals surface area (Å²) in [4.78, 5) is 0. The number of hydrogen-bond acceptors (Lipinski definition) is 8. The Morgan fingerprint density at radius 3 is 1.09 bits per heavy atom. The van der Waals surface area contributed by atoms with Gasteiger partial charge in [-0.3, -0.25) is 0 Å². The molecule has 0 saturated carbocycles. The van der Waals surface area contributed by atoms with Crippen molar-refractivity contribution in [3.05, 3.63) is 217 Å². The van der Waals surface area contributed by atoms with E-state index in [1.54, 1.807) is 0 Å². The third kappa shape index (κ3) is 13.4. The fourth-order valence-electron chi connectivity index (χ4n) is 7.41. The molecule has 0 aromatic heterocycles. The molecule has 0 bridgehead atoms. The van der Waals surface area contributed by atoms with Gasteiger partial charge in [0.15, 0.2) is 0 Å². The Morgan fingerprint density at radius 1 is 0.455 bits per heavy atom. The fourth-order valence-corrected chi connectivity index (χ4v) is 12.7. The molecule has 2 N–H and O–H groups in total. The summed E-state index contributed by atoms with van der Waals surface area (Å²) < 4.78 is 62.8. The summed E-state index contributed by atoms with van der Waals surface area (Å²) in [6, 6.07) is 73.2. The van der Waals surface area contributed by atoms with Crippen molar-refractivity contribution in [3.8, 4) is 22.6 Å². The molecule has 0 amide bonds. The van der Waals surface area contributed by atoms with E-state index in [4.69, 9.17) is 36.4 Å². The Labute approximate surface area is 402 Å². The standard InChI is InChI=1S/C39H32OP2.C12H10N.2CH4O3S.Pd/c1-39(2)33-25-15-27-35(41(29-17-7-3-8-18-29)30-19-9-4-10-20-30)37(33)40-38-34(39)26-16-28-36(38)42(31-21-11-5-12-22-31)32-23-13-6-14-24-32;13-12-9-5-4-8-11(12)10-6-2-1-3-7-10;2*1-5(2,3)4;/h3-28H,1-2H3;1-6,8-9H,13H2;2*1H3,(H,2,3,4);/q;;;;+2/p-2. The number of anilines is 1. The van der Waals surface area contributed by atoms with E-state index in [1.165, 1.54) is 43.0 Å². The van der Waals surface area contributed by atoms with Crippen LogP contribution in [0.25, 0.3) is 11.1 Å². The van der Waals surface area contributed by atoms with E-state index in [1.807, 2.05) is 42.5 Å². The maximum atomic E-state index is 9.08. The van der Waals surface area contributed by atoms with Crippen LogP contribution in [0.3, 0.4) is 0 Å². The second kappa shape index (κ2) is 22.5. The van der Waals surface area contributed by atoms with Crippen LogP contribution in [0.2, 0.25) is 0 Å². The van der Waals surface area contributed by atoms with Crippen LogP contribution >= 0.6 is 15.8 Å². The maximum absolute atomic E-state index is 9.08. The molecule has 0 atom stereocenters. The summed E-state index contributed by atoms with van der Waals surface area (Å²) >= 11 is 3.23. The van der Waals surface area contributed by atoms with Crippen LogP contribution in [-0.4, -0.2) is 38.5 Å². The summed E-state index contributed by atoms with van der Waals surface area (Å²) in [5, 5.41) is 7.81. The molecular formula is C53H48NO7P2PdS2. The van der Waals surface area contributed by atoms with Crippen molar-refractivity contribution in [2.24, 2.45) is 0 Å². The quantitative estimate of drug-likeness (QED) is 0.0730. The molecule has 0 saturated heterocycles. The van der Waals surface area contributed by atoms with Gasteiger partial charge in [-0.25, -0.2) is 16.8 Å². The van der Waals surface area contributed by atoms with Crippen LogP contribution in [0.15, 0.2) is 206 Å². The molecule has 1 aliphatic rings. The number of para-hydroxylation sites is 3. The first-order valence-electron chi connectivity index (χ1n) is 20.5. The van der Waals surface area contributed by atoms with Gasteiger partial charge in [0.2, 0.25) is 0 Å². The Kier molecular flexibility index (Phi) is 17.1. The number of nitrogen functional groups attached to an aromatic ring is 1. The van der Waals surface area contributed by atoms with Crippen LogP contribution in [0.4, 0.5) is 5.69 Å². The van der Waals surface area contributed by atoms with Crippen molar-refractivity contribution in [1.29, 1.82) is 0 Å². The minimum absolute atomic E-state index is 0.225. The van der Waals surface area contributed by atoms with Gasteiger partial charge in [-0.15, -0.1) is 0 Å². The first-order chi connectivity index (χ1) is 31.4. The van der Waals surface area contributed by atoms with E-state index in [-0.39, 0.29) is 5.41 Å². The van der Waals surface area contributed by atoms with Crippen molar-refractivity contribution in [2.75, 3.05) is 18.2 Å². The van der Waals surface area contributed by atoms with E-state index in [9.17, 15) is 0 Å². The summed E-state index contributed by atoms with van der Waals surface area (Å²) in [5.74, 6) is 2.02. The minimum atomic E-state index is -3.92. The average Bonchev–Trinajstić information content (AvgIpc) is 3.28. The Morgan fingerprint density at radius 2 is 0.758 bits per heavy atom. The molecule has 0 aliphatic carbocycles. The number of rotatable bonds is 7. The van der Waals surface area contributed by atoms with Crippen LogP contribution in [0.5, 0.6) is 11.5 Å². The number of hydrogen-bond donors (Lipinski definition) is 1. The molecule has 8 aromatic carbocycles. The third-order valence-electron chi connectivity index (χ3n) is 10.2. The van der Waals surface area contributed by atoms with Crippen molar-refractivity contribution in [1.82, 2.24) is 0 Å². The molecule has 1 aliphatic heterocycles. The molecule has 8 nitrogen and oxygen atoms in total. The molecule has 339 valence electrons. The second-order valence-electron chi connectivity index (χ2n) is 15.5. The first-order valence-corrected chi connectivity index (χ1v) is 27.6. The molecule has 66 heavy (non-hydrogen) atoms. The Hall–Kier alpha value is -5.30. The van der Waals surface area contributed by atoms with Gasteiger partial charge < -0.3 is 13.8 Å². The topological polar surface area (TPSA) is 150 Å². The van der Waals surface area contributed by atoms with E-state index in [0.717, 1.165) is 32.3 Å². The summed E-state index contributed by atoms with van der Waals surface area (Å²) in [5.41, 5.74) is 11.2. The molecule has 1 heterocycles. The normalized spacial score (nSPS) is 12.4. The van der Waals surface area contributed by atoms with Gasteiger partial charge in [0, 0.05) is 39.7 Å². The van der Waals surface area contributed by atoms with Gasteiger partial charge in [-0.1, -0.05) is 172 Å². The zero-order valence-corrected chi connectivity index (χ0v) is 41.6. The van der Waals surface area contributed by atoms with Crippen LogP contribution in [-0.2, 0) is 44.9 Å².